The number of carbonyl (C=O) groups excluding carboxylic acids is 1. The molecule has 0 heterocycles. The van der Waals surface area contributed by atoms with E-state index in [1.807, 2.05) is 21.1 Å². The molecule has 0 aromatic heterocycles. The minimum Gasteiger partial charge on any atom is -0.756 e. The number of phosphoric acid groups is 1. The van der Waals surface area contributed by atoms with Gasteiger partial charge in [0.15, 0.2) is 0 Å². The molecule has 8 nitrogen and oxygen atoms in total. The highest BCUT2D eigenvalue weighted by molar-refractivity contribution is 7.45. The van der Waals surface area contributed by atoms with E-state index in [9.17, 15) is 14.3 Å². The van der Waals surface area contributed by atoms with Crippen LogP contribution in [0.15, 0.2) is 60.8 Å². The van der Waals surface area contributed by atoms with Gasteiger partial charge in [-0.3, -0.25) is 9.36 Å². The standard InChI is InChI=1S/C55H102NO7P/c1-6-8-10-12-14-16-18-20-22-24-26-27-28-29-31-33-35-37-39-41-43-45-47-50-60-52-54(53-62-64(58,59)61-51-49-56(3,4)5)63-55(57)48-46-44-42-40-38-36-34-32-30-25-23-21-19-17-15-13-11-9-7-2/h9,11,15,17,21,23,30,32,36,38,54H,6-8,10,12-14,16,18-20,22,24-29,31,33-35,37,39-53H2,1-5H3/b11-9-,17-15-,23-21-,32-30-,38-36-. The van der Waals surface area contributed by atoms with Gasteiger partial charge in [-0.1, -0.05) is 222 Å². The SMILES string of the molecule is CC/C=C\C/C=C\C/C=C\C/C=C\C/C=C\CCCCCC(=O)OC(COCCCCCCCCCCCCCCCCCCCCCCCCC)COP(=O)([O-])OCC[N+](C)(C)C. The van der Waals surface area contributed by atoms with Crippen LogP contribution in [-0.4, -0.2) is 70.7 Å². The zero-order valence-corrected chi connectivity index (χ0v) is 43.4. The Labute approximate surface area is 396 Å². The molecule has 0 radical (unpaired) electrons. The molecular weight excluding hydrogens is 818 g/mol. The third kappa shape index (κ3) is 51.2. The lowest BCUT2D eigenvalue weighted by molar-refractivity contribution is -0.870. The summed E-state index contributed by atoms with van der Waals surface area (Å²) in [6.45, 7) is 5.28. The molecule has 0 aliphatic carbocycles. The van der Waals surface area contributed by atoms with Crippen molar-refractivity contribution >= 4 is 13.8 Å². The second-order valence-corrected chi connectivity index (χ2v) is 20.3. The van der Waals surface area contributed by atoms with Crippen LogP contribution in [0.2, 0.25) is 0 Å². The van der Waals surface area contributed by atoms with Crippen LogP contribution >= 0.6 is 7.82 Å². The minimum absolute atomic E-state index is 0.0182. The third-order valence-electron chi connectivity index (χ3n) is 11.3. The largest absolute Gasteiger partial charge is 0.756 e. The first-order chi connectivity index (χ1) is 31.1. The number of ether oxygens (including phenoxy) is 2. The molecule has 0 N–H and O–H groups in total. The summed E-state index contributed by atoms with van der Waals surface area (Å²) >= 11 is 0. The zero-order valence-electron chi connectivity index (χ0n) is 42.5. The molecule has 64 heavy (non-hydrogen) atoms. The van der Waals surface area contributed by atoms with E-state index in [2.05, 4.69) is 74.6 Å². The minimum atomic E-state index is -4.54. The Hall–Kier alpha value is -1.80. The van der Waals surface area contributed by atoms with Crippen molar-refractivity contribution in [1.82, 2.24) is 0 Å². The molecule has 0 aromatic carbocycles. The number of likely N-dealkylation sites (N-methyl/N-ethyl adjacent to an activating group) is 1. The summed E-state index contributed by atoms with van der Waals surface area (Å²) in [5.74, 6) is -0.363. The van der Waals surface area contributed by atoms with E-state index < -0.39 is 13.9 Å². The van der Waals surface area contributed by atoms with E-state index in [1.54, 1.807) is 0 Å². The molecule has 0 aliphatic heterocycles. The second-order valence-electron chi connectivity index (χ2n) is 18.9. The number of carbonyl (C=O) groups is 1. The maximum atomic E-state index is 12.7. The summed E-state index contributed by atoms with van der Waals surface area (Å²) in [6.07, 6.45) is 61.1. The Morgan fingerprint density at radius 1 is 0.500 bits per heavy atom. The van der Waals surface area contributed by atoms with Crippen molar-refractivity contribution in [2.24, 2.45) is 0 Å². The van der Waals surface area contributed by atoms with Crippen LogP contribution < -0.4 is 4.89 Å². The zero-order chi connectivity index (χ0) is 46.9. The van der Waals surface area contributed by atoms with Gasteiger partial charge in [0.2, 0.25) is 0 Å². The number of rotatable bonds is 49. The van der Waals surface area contributed by atoms with Crippen LogP contribution in [0.5, 0.6) is 0 Å². The van der Waals surface area contributed by atoms with Gasteiger partial charge in [-0.2, -0.15) is 0 Å². The van der Waals surface area contributed by atoms with Crippen LogP contribution in [0, 0.1) is 0 Å². The third-order valence-corrected chi connectivity index (χ3v) is 12.3. The lowest BCUT2D eigenvalue weighted by Gasteiger charge is -2.28. The number of nitrogens with zero attached hydrogens (tertiary/aromatic N) is 1. The van der Waals surface area contributed by atoms with Gasteiger partial charge in [-0.15, -0.1) is 0 Å². The Balaban J connectivity index is 4.15. The first kappa shape index (κ1) is 62.2. The van der Waals surface area contributed by atoms with Crippen LogP contribution in [0.3, 0.4) is 0 Å². The number of hydrogen-bond acceptors (Lipinski definition) is 7. The number of allylic oxidation sites excluding steroid dienone is 10. The Bertz CT molecular complexity index is 1210. The van der Waals surface area contributed by atoms with E-state index in [4.69, 9.17) is 18.5 Å². The van der Waals surface area contributed by atoms with Crippen molar-refractivity contribution in [1.29, 1.82) is 0 Å². The predicted molar refractivity (Wildman–Crippen MR) is 273 cm³/mol. The van der Waals surface area contributed by atoms with E-state index in [0.717, 1.165) is 64.2 Å². The molecular formula is C55H102NO7P. The molecule has 0 aliphatic rings. The molecule has 2 atom stereocenters. The van der Waals surface area contributed by atoms with Crippen molar-refractivity contribution in [3.63, 3.8) is 0 Å². The topological polar surface area (TPSA) is 94.1 Å². The highest BCUT2D eigenvalue weighted by atomic mass is 31.2. The van der Waals surface area contributed by atoms with E-state index in [1.165, 1.54) is 135 Å². The lowest BCUT2D eigenvalue weighted by Crippen LogP contribution is -2.37. The molecule has 374 valence electrons. The summed E-state index contributed by atoms with van der Waals surface area (Å²) < 4.78 is 34.7. The number of esters is 1. The van der Waals surface area contributed by atoms with Gasteiger partial charge in [0.25, 0.3) is 7.82 Å². The van der Waals surface area contributed by atoms with Gasteiger partial charge < -0.3 is 27.9 Å². The summed E-state index contributed by atoms with van der Waals surface area (Å²) in [4.78, 5) is 25.2. The van der Waals surface area contributed by atoms with Crippen LogP contribution in [0.1, 0.15) is 226 Å². The van der Waals surface area contributed by atoms with Crippen molar-refractivity contribution in [3.05, 3.63) is 60.8 Å². The van der Waals surface area contributed by atoms with E-state index in [-0.39, 0.29) is 32.2 Å². The molecule has 0 fully saturated rings. The van der Waals surface area contributed by atoms with Crippen LogP contribution in [0.25, 0.3) is 0 Å². The van der Waals surface area contributed by atoms with Crippen molar-refractivity contribution in [2.45, 2.75) is 232 Å². The van der Waals surface area contributed by atoms with Gasteiger partial charge in [0.05, 0.1) is 34.4 Å². The first-order valence-electron chi connectivity index (χ1n) is 26.5. The summed E-state index contributed by atoms with van der Waals surface area (Å²) in [5.41, 5.74) is 0. The molecule has 0 saturated carbocycles. The number of unbranched alkanes of at least 4 members (excludes halogenated alkanes) is 25. The van der Waals surface area contributed by atoms with Crippen LogP contribution in [0.4, 0.5) is 0 Å². The fourth-order valence-electron chi connectivity index (χ4n) is 7.28. The molecule has 9 heteroatoms. The highest BCUT2D eigenvalue weighted by Gasteiger charge is 2.20. The maximum absolute atomic E-state index is 12.7. The number of phosphoric ester groups is 1. The smallest absolute Gasteiger partial charge is 0.306 e. The maximum Gasteiger partial charge on any atom is 0.306 e. The first-order valence-corrected chi connectivity index (χ1v) is 28.0. The molecule has 0 rings (SSSR count). The van der Waals surface area contributed by atoms with Crippen molar-refractivity contribution in [2.75, 3.05) is 54.1 Å². The average Bonchev–Trinajstić information content (AvgIpc) is 3.25. The molecule has 0 aromatic rings. The van der Waals surface area contributed by atoms with Gasteiger partial charge in [-0.25, -0.2) is 0 Å². The summed E-state index contributed by atoms with van der Waals surface area (Å²) in [5, 5.41) is 0. The molecule has 0 saturated heterocycles. The quantitative estimate of drug-likeness (QED) is 0.0197. The Morgan fingerprint density at radius 3 is 1.34 bits per heavy atom. The highest BCUT2D eigenvalue weighted by Crippen LogP contribution is 2.38. The normalized spacial score (nSPS) is 14.0. The van der Waals surface area contributed by atoms with Gasteiger partial charge in [-0.05, 0) is 57.8 Å². The lowest BCUT2D eigenvalue weighted by atomic mass is 10.0. The fourth-order valence-corrected chi connectivity index (χ4v) is 8.01. The predicted octanol–water partition coefficient (Wildman–Crippen LogP) is 15.8. The molecule has 2 unspecified atom stereocenters. The Morgan fingerprint density at radius 2 is 0.906 bits per heavy atom. The summed E-state index contributed by atoms with van der Waals surface area (Å²) in [6, 6.07) is 0. The fraction of sp³-hybridized carbons (Fsp3) is 0.800. The van der Waals surface area contributed by atoms with Crippen LogP contribution in [-0.2, 0) is 27.9 Å². The van der Waals surface area contributed by atoms with E-state index in [0.29, 0.717) is 24.1 Å². The number of hydrogen-bond donors (Lipinski definition) is 0. The molecule has 0 amide bonds. The van der Waals surface area contributed by atoms with Crippen molar-refractivity contribution < 1.29 is 37.3 Å². The second kappa shape index (κ2) is 47.7. The Kier molecular flexibility index (Phi) is 46.3. The van der Waals surface area contributed by atoms with E-state index >= 15 is 0 Å². The monoisotopic (exact) mass is 920 g/mol. The number of quaternary nitrogens is 1. The van der Waals surface area contributed by atoms with Gasteiger partial charge in [0.1, 0.15) is 19.3 Å². The molecule has 0 bridgehead atoms. The van der Waals surface area contributed by atoms with Crippen molar-refractivity contribution in [3.8, 4) is 0 Å². The van der Waals surface area contributed by atoms with Gasteiger partial charge in [0, 0.05) is 13.0 Å². The summed E-state index contributed by atoms with van der Waals surface area (Å²) in [7, 11) is 1.33. The average molecular weight is 920 g/mol. The van der Waals surface area contributed by atoms with Gasteiger partial charge >= 0.3 is 5.97 Å². The molecule has 0 spiro atoms.